The van der Waals surface area contributed by atoms with Crippen molar-refractivity contribution in [1.29, 1.82) is 0 Å². The summed E-state index contributed by atoms with van der Waals surface area (Å²) in [5, 5.41) is 0.640. The normalized spacial score (nSPS) is 10.4. The number of anilines is 1. The van der Waals surface area contributed by atoms with E-state index in [-0.39, 0.29) is 5.95 Å². The van der Waals surface area contributed by atoms with Gasteiger partial charge in [0.2, 0.25) is 5.95 Å². The molecule has 0 saturated carbocycles. The van der Waals surface area contributed by atoms with Crippen molar-refractivity contribution in [2.45, 2.75) is 5.16 Å². The monoisotopic (exact) mass is 344 g/mol. The highest BCUT2D eigenvalue weighted by molar-refractivity contribution is 14.1. The number of thioether (sulfide) groups is 1. The zero-order chi connectivity index (χ0) is 11.5. The molecule has 4 nitrogen and oxygen atoms in total. The predicted octanol–water partition coefficient (Wildman–Crippen LogP) is 2.45. The van der Waals surface area contributed by atoms with Crippen LogP contribution in [-0.2, 0) is 0 Å². The fourth-order valence-corrected chi connectivity index (χ4v) is 2.13. The van der Waals surface area contributed by atoms with Gasteiger partial charge in [0.05, 0.1) is 0 Å². The van der Waals surface area contributed by atoms with Gasteiger partial charge in [-0.1, -0.05) is 23.9 Å². The molecule has 16 heavy (non-hydrogen) atoms. The molecule has 1 heterocycles. The fraction of sp³-hybridized carbons (Fsp3) is 0.100. The Hall–Kier alpha value is -0.890. The molecule has 2 rings (SSSR count). The molecule has 6 heteroatoms. The number of nitrogen functional groups attached to an aromatic ring is 1. The van der Waals surface area contributed by atoms with Crippen molar-refractivity contribution in [3.63, 3.8) is 0 Å². The van der Waals surface area contributed by atoms with Gasteiger partial charge in [0.15, 0.2) is 11.0 Å². The quantitative estimate of drug-likeness (QED) is 0.670. The third kappa shape index (κ3) is 2.62. The predicted molar refractivity (Wildman–Crippen MR) is 74.2 cm³/mol. The molecule has 2 N–H and O–H groups in total. The Morgan fingerprint density at radius 2 is 2.06 bits per heavy atom. The van der Waals surface area contributed by atoms with Crippen LogP contribution in [0, 0.1) is 3.57 Å². The van der Waals surface area contributed by atoms with E-state index in [1.165, 1.54) is 11.8 Å². The summed E-state index contributed by atoms with van der Waals surface area (Å²) in [6, 6.07) is 7.96. The molecule has 0 saturated heterocycles. The largest absolute Gasteiger partial charge is 0.368 e. The van der Waals surface area contributed by atoms with Gasteiger partial charge in [0.1, 0.15) is 0 Å². The lowest BCUT2D eigenvalue weighted by Gasteiger charge is -2.03. The molecule has 0 aliphatic rings. The van der Waals surface area contributed by atoms with E-state index in [0.29, 0.717) is 11.0 Å². The van der Waals surface area contributed by atoms with Crippen LogP contribution < -0.4 is 5.73 Å². The van der Waals surface area contributed by atoms with Gasteiger partial charge in [0, 0.05) is 9.13 Å². The van der Waals surface area contributed by atoms with Crippen LogP contribution in [0.4, 0.5) is 5.95 Å². The summed E-state index contributed by atoms with van der Waals surface area (Å²) in [6.07, 6.45) is 1.91. The SMILES string of the molecule is CSc1nc(N)nc(-c2cccc(I)c2)n1. The Labute approximate surface area is 111 Å². The van der Waals surface area contributed by atoms with Gasteiger partial charge < -0.3 is 5.73 Å². The Morgan fingerprint density at radius 1 is 1.25 bits per heavy atom. The van der Waals surface area contributed by atoms with Crippen LogP contribution in [0.3, 0.4) is 0 Å². The number of nitrogens with zero attached hydrogens (tertiary/aromatic N) is 3. The molecule has 2 aromatic rings. The van der Waals surface area contributed by atoms with Crippen molar-refractivity contribution >= 4 is 40.3 Å². The zero-order valence-electron chi connectivity index (χ0n) is 8.51. The summed E-state index contributed by atoms with van der Waals surface area (Å²) >= 11 is 3.70. The van der Waals surface area contributed by atoms with E-state index in [0.717, 1.165) is 9.13 Å². The molecule has 1 aromatic heterocycles. The van der Waals surface area contributed by atoms with Crippen molar-refractivity contribution in [3.8, 4) is 11.4 Å². The van der Waals surface area contributed by atoms with E-state index in [1.807, 2.05) is 30.5 Å². The van der Waals surface area contributed by atoms with E-state index >= 15 is 0 Å². The molecular formula is C10H9IN4S. The first-order valence-corrected chi connectivity index (χ1v) is 6.81. The van der Waals surface area contributed by atoms with Crippen LogP contribution in [-0.4, -0.2) is 21.2 Å². The van der Waals surface area contributed by atoms with E-state index in [1.54, 1.807) is 0 Å². The lowest BCUT2D eigenvalue weighted by atomic mass is 10.2. The molecule has 1 aromatic carbocycles. The molecule has 0 bridgehead atoms. The summed E-state index contributed by atoms with van der Waals surface area (Å²) in [6.45, 7) is 0. The van der Waals surface area contributed by atoms with Gasteiger partial charge in [-0.05, 0) is 41.0 Å². The van der Waals surface area contributed by atoms with Crippen molar-refractivity contribution in [2.24, 2.45) is 0 Å². The minimum atomic E-state index is 0.258. The number of rotatable bonds is 2. The molecule has 0 aliphatic heterocycles. The second kappa shape index (κ2) is 4.96. The van der Waals surface area contributed by atoms with Crippen molar-refractivity contribution in [1.82, 2.24) is 15.0 Å². The van der Waals surface area contributed by atoms with Gasteiger partial charge in [-0.15, -0.1) is 0 Å². The van der Waals surface area contributed by atoms with E-state index < -0.39 is 0 Å². The van der Waals surface area contributed by atoms with Crippen molar-refractivity contribution in [3.05, 3.63) is 27.8 Å². The molecule has 0 atom stereocenters. The molecule has 0 fully saturated rings. The molecule has 0 spiro atoms. The first-order chi connectivity index (χ1) is 7.69. The zero-order valence-corrected chi connectivity index (χ0v) is 11.5. The Kier molecular flexibility index (Phi) is 3.59. The molecule has 0 amide bonds. The topological polar surface area (TPSA) is 64.7 Å². The summed E-state index contributed by atoms with van der Waals surface area (Å²) in [4.78, 5) is 12.5. The number of hydrogen-bond acceptors (Lipinski definition) is 5. The first kappa shape index (κ1) is 11.6. The highest BCUT2D eigenvalue weighted by Gasteiger charge is 2.06. The minimum absolute atomic E-state index is 0.258. The maximum Gasteiger partial charge on any atom is 0.224 e. The number of aromatic nitrogens is 3. The lowest BCUT2D eigenvalue weighted by Crippen LogP contribution is -2.01. The van der Waals surface area contributed by atoms with Gasteiger partial charge in [-0.2, -0.15) is 9.97 Å². The van der Waals surface area contributed by atoms with E-state index in [9.17, 15) is 0 Å². The summed E-state index contributed by atoms with van der Waals surface area (Å²) in [5.74, 6) is 0.878. The smallest absolute Gasteiger partial charge is 0.224 e. The average molecular weight is 344 g/mol. The molecule has 0 unspecified atom stereocenters. The standard InChI is InChI=1S/C10H9IN4S/c1-16-10-14-8(13-9(12)15-10)6-3-2-4-7(11)5-6/h2-5H,1H3,(H2,12,13,14,15). The van der Waals surface area contributed by atoms with Crippen LogP contribution in [0.1, 0.15) is 0 Å². The third-order valence-corrected chi connectivity index (χ3v) is 3.12. The fourth-order valence-electron chi connectivity index (χ4n) is 1.22. The van der Waals surface area contributed by atoms with E-state index in [2.05, 4.69) is 37.5 Å². The lowest BCUT2D eigenvalue weighted by molar-refractivity contribution is 0.927. The van der Waals surface area contributed by atoms with Gasteiger partial charge >= 0.3 is 0 Å². The number of benzene rings is 1. The average Bonchev–Trinajstić information content (AvgIpc) is 2.28. The maximum atomic E-state index is 5.63. The Morgan fingerprint density at radius 3 is 2.75 bits per heavy atom. The van der Waals surface area contributed by atoms with Crippen LogP contribution >= 0.6 is 34.4 Å². The number of nitrogens with two attached hydrogens (primary N) is 1. The Balaban J connectivity index is 2.51. The van der Waals surface area contributed by atoms with Gasteiger partial charge in [-0.25, -0.2) is 4.98 Å². The van der Waals surface area contributed by atoms with Crippen molar-refractivity contribution in [2.75, 3.05) is 12.0 Å². The summed E-state index contributed by atoms with van der Waals surface area (Å²) < 4.78 is 1.14. The van der Waals surface area contributed by atoms with Crippen LogP contribution in [0.15, 0.2) is 29.4 Å². The molecule has 0 aliphatic carbocycles. The van der Waals surface area contributed by atoms with Gasteiger partial charge in [0.25, 0.3) is 0 Å². The van der Waals surface area contributed by atoms with Crippen LogP contribution in [0.25, 0.3) is 11.4 Å². The van der Waals surface area contributed by atoms with Crippen LogP contribution in [0.2, 0.25) is 0 Å². The third-order valence-electron chi connectivity index (χ3n) is 1.90. The van der Waals surface area contributed by atoms with Gasteiger partial charge in [-0.3, -0.25) is 0 Å². The minimum Gasteiger partial charge on any atom is -0.368 e. The second-order valence-electron chi connectivity index (χ2n) is 3.01. The van der Waals surface area contributed by atoms with E-state index in [4.69, 9.17) is 5.73 Å². The van der Waals surface area contributed by atoms with Crippen LogP contribution in [0.5, 0.6) is 0 Å². The first-order valence-electron chi connectivity index (χ1n) is 4.50. The highest BCUT2D eigenvalue weighted by atomic mass is 127. The second-order valence-corrected chi connectivity index (χ2v) is 5.03. The molecule has 0 radical (unpaired) electrons. The number of halogens is 1. The summed E-state index contributed by atoms with van der Waals surface area (Å²) in [7, 11) is 0. The maximum absolute atomic E-state index is 5.63. The Bertz CT molecular complexity index is 518. The summed E-state index contributed by atoms with van der Waals surface area (Å²) in [5.41, 5.74) is 6.59. The number of hydrogen-bond donors (Lipinski definition) is 1. The highest BCUT2D eigenvalue weighted by Crippen LogP contribution is 2.20. The molecule has 82 valence electrons. The molecular weight excluding hydrogens is 335 g/mol. The van der Waals surface area contributed by atoms with Crippen molar-refractivity contribution < 1.29 is 0 Å².